The van der Waals surface area contributed by atoms with Crippen LogP contribution in [0.1, 0.15) is 29.0 Å². The molecule has 2 atom stereocenters. The summed E-state index contributed by atoms with van der Waals surface area (Å²) in [6.07, 6.45) is -1.56. The number of carbonyl (C=O) groups excluding carboxylic acids is 1. The molecule has 0 N–H and O–H groups in total. The third-order valence-electron chi connectivity index (χ3n) is 2.52. The fourth-order valence-corrected chi connectivity index (χ4v) is 2.12. The monoisotopic (exact) mass is 306 g/mol. The van der Waals surface area contributed by atoms with E-state index in [-0.39, 0.29) is 16.9 Å². The molecule has 1 heterocycles. The number of esters is 1. The number of methoxy groups -OCH3 is 1. The van der Waals surface area contributed by atoms with E-state index in [1.54, 1.807) is 0 Å². The second-order valence-electron chi connectivity index (χ2n) is 3.81. The lowest BCUT2D eigenvalue weighted by atomic mass is 10.0. The standard InChI is InChI=1S/C11H9BrF2O3/c1-11(12)9(14)6-3-5(13)4-7(8(6)17-11)10(15)16-2/h3-4,9H,1-2H3. The van der Waals surface area contributed by atoms with E-state index in [2.05, 4.69) is 20.7 Å². The number of ether oxygens (including phenoxy) is 2. The second kappa shape index (κ2) is 3.94. The average Bonchev–Trinajstić information content (AvgIpc) is 2.49. The number of halogens is 3. The average molecular weight is 307 g/mol. The molecule has 0 spiro atoms. The smallest absolute Gasteiger partial charge is 0.341 e. The lowest BCUT2D eigenvalue weighted by Gasteiger charge is -2.17. The highest BCUT2D eigenvalue weighted by Crippen LogP contribution is 2.50. The summed E-state index contributed by atoms with van der Waals surface area (Å²) in [5.74, 6) is -1.45. The summed E-state index contributed by atoms with van der Waals surface area (Å²) in [4.78, 5) is 11.4. The van der Waals surface area contributed by atoms with E-state index in [1.165, 1.54) is 6.92 Å². The maximum absolute atomic E-state index is 13.9. The highest BCUT2D eigenvalue weighted by Gasteiger charge is 2.45. The number of hydrogen-bond acceptors (Lipinski definition) is 3. The van der Waals surface area contributed by atoms with E-state index in [0.29, 0.717) is 0 Å². The fraction of sp³-hybridized carbons (Fsp3) is 0.364. The highest BCUT2D eigenvalue weighted by molar-refractivity contribution is 9.10. The molecule has 0 aliphatic carbocycles. The third kappa shape index (κ3) is 1.90. The molecule has 1 aromatic rings. The molecule has 92 valence electrons. The number of alkyl halides is 2. The van der Waals surface area contributed by atoms with Gasteiger partial charge in [-0.2, -0.15) is 0 Å². The van der Waals surface area contributed by atoms with Gasteiger partial charge in [0.2, 0.25) is 0 Å². The number of hydrogen-bond donors (Lipinski definition) is 0. The Morgan fingerprint density at radius 3 is 2.82 bits per heavy atom. The van der Waals surface area contributed by atoms with Gasteiger partial charge < -0.3 is 9.47 Å². The van der Waals surface area contributed by atoms with Gasteiger partial charge in [0.1, 0.15) is 17.1 Å². The van der Waals surface area contributed by atoms with Crippen molar-refractivity contribution in [3.8, 4) is 5.75 Å². The highest BCUT2D eigenvalue weighted by atomic mass is 79.9. The van der Waals surface area contributed by atoms with Gasteiger partial charge in [0.15, 0.2) is 10.7 Å². The van der Waals surface area contributed by atoms with Crippen LogP contribution < -0.4 is 4.74 Å². The zero-order chi connectivity index (χ0) is 12.8. The van der Waals surface area contributed by atoms with Crippen LogP contribution in [0, 0.1) is 5.82 Å². The van der Waals surface area contributed by atoms with Crippen molar-refractivity contribution < 1.29 is 23.0 Å². The minimum Gasteiger partial charge on any atom is -0.472 e. The summed E-state index contributed by atoms with van der Waals surface area (Å²) < 4.78 is 35.7. The number of benzene rings is 1. The van der Waals surface area contributed by atoms with Crippen LogP contribution in [-0.2, 0) is 4.74 Å². The number of carbonyl (C=O) groups is 1. The van der Waals surface area contributed by atoms with Gasteiger partial charge in [-0.05, 0) is 35.0 Å². The van der Waals surface area contributed by atoms with Crippen LogP contribution in [0.5, 0.6) is 5.75 Å². The second-order valence-corrected chi connectivity index (χ2v) is 5.39. The van der Waals surface area contributed by atoms with Crippen LogP contribution in [-0.4, -0.2) is 17.6 Å². The van der Waals surface area contributed by atoms with Crippen LogP contribution in [0.3, 0.4) is 0 Å². The lowest BCUT2D eigenvalue weighted by molar-refractivity contribution is 0.0591. The predicted octanol–water partition coefficient (Wildman–Crippen LogP) is 3.13. The molecule has 0 fully saturated rings. The molecule has 0 bridgehead atoms. The van der Waals surface area contributed by atoms with Gasteiger partial charge in [-0.1, -0.05) is 0 Å². The first kappa shape index (κ1) is 12.3. The van der Waals surface area contributed by atoms with E-state index >= 15 is 0 Å². The minimum absolute atomic E-state index is 0.00442. The molecule has 2 rings (SSSR count). The number of fused-ring (bicyclic) bond motifs is 1. The molecule has 0 radical (unpaired) electrons. The summed E-state index contributed by atoms with van der Waals surface area (Å²) in [5, 5.41) is 0. The van der Waals surface area contributed by atoms with Gasteiger partial charge in [-0.3, -0.25) is 0 Å². The Bertz CT molecular complexity index is 488. The Hall–Kier alpha value is -1.17. The topological polar surface area (TPSA) is 35.5 Å². The van der Waals surface area contributed by atoms with Crippen molar-refractivity contribution in [2.24, 2.45) is 0 Å². The van der Waals surface area contributed by atoms with Crippen LogP contribution in [0.25, 0.3) is 0 Å². The van der Waals surface area contributed by atoms with Crippen LogP contribution in [0.15, 0.2) is 12.1 Å². The van der Waals surface area contributed by atoms with Crippen LogP contribution in [0.4, 0.5) is 8.78 Å². The normalized spacial score (nSPS) is 26.3. The van der Waals surface area contributed by atoms with Crippen LogP contribution in [0.2, 0.25) is 0 Å². The molecule has 17 heavy (non-hydrogen) atoms. The molecule has 0 amide bonds. The Kier molecular flexibility index (Phi) is 2.85. The Morgan fingerprint density at radius 2 is 2.24 bits per heavy atom. The van der Waals surface area contributed by atoms with Crippen molar-refractivity contribution in [1.29, 1.82) is 0 Å². The van der Waals surface area contributed by atoms with Gasteiger partial charge >= 0.3 is 5.97 Å². The van der Waals surface area contributed by atoms with E-state index in [0.717, 1.165) is 19.2 Å². The molecule has 0 aromatic heterocycles. The Labute approximate surface area is 105 Å². The van der Waals surface area contributed by atoms with Crippen molar-refractivity contribution in [1.82, 2.24) is 0 Å². The molecular weight excluding hydrogens is 298 g/mol. The first-order valence-electron chi connectivity index (χ1n) is 4.80. The summed E-state index contributed by atoms with van der Waals surface area (Å²) in [7, 11) is 1.16. The summed E-state index contributed by atoms with van der Waals surface area (Å²) >= 11 is 3.05. The van der Waals surface area contributed by atoms with E-state index < -0.39 is 22.5 Å². The lowest BCUT2D eigenvalue weighted by Crippen LogP contribution is -2.23. The molecule has 0 saturated heterocycles. The summed E-state index contributed by atoms with van der Waals surface area (Å²) in [6, 6.07) is 1.98. The molecule has 2 unspecified atom stereocenters. The Balaban J connectivity index is 2.61. The predicted molar refractivity (Wildman–Crippen MR) is 59.5 cm³/mol. The molecule has 1 aliphatic heterocycles. The van der Waals surface area contributed by atoms with Gasteiger partial charge in [-0.15, -0.1) is 0 Å². The summed E-state index contributed by atoms with van der Waals surface area (Å²) in [5.41, 5.74) is -0.113. The number of rotatable bonds is 1. The van der Waals surface area contributed by atoms with Crippen molar-refractivity contribution >= 4 is 21.9 Å². The largest absolute Gasteiger partial charge is 0.472 e. The molecule has 6 heteroatoms. The molecule has 1 aromatic carbocycles. The zero-order valence-corrected chi connectivity index (χ0v) is 10.7. The first-order valence-corrected chi connectivity index (χ1v) is 5.60. The van der Waals surface area contributed by atoms with Gasteiger partial charge in [0, 0.05) is 5.56 Å². The van der Waals surface area contributed by atoms with Crippen molar-refractivity contribution in [3.63, 3.8) is 0 Å². The molecule has 0 saturated carbocycles. The van der Waals surface area contributed by atoms with Crippen molar-refractivity contribution in [2.45, 2.75) is 17.6 Å². The van der Waals surface area contributed by atoms with Gasteiger partial charge in [0.05, 0.1) is 7.11 Å². The SMILES string of the molecule is COC(=O)c1cc(F)cc2c1OC(C)(Br)C2F. The van der Waals surface area contributed by atoms with E-state index in [9.17, 15) is 13.6 Å². The zero-order valence-electron chi connectivity index (χ0n) is 9.09. The first-order chi connectivity index (χ1) is 7.86. The van der Waals surface area contributed by atoms with Gasteiger partial charge in [0.25, 0.3) is 0 Å². The fourth-order valence-electron chi connectivity index (χ4n) is 1.71. The molecular formula is C11H9BrF2O3. The molecule has 3 nitrogen and oxygen atoms in total. The van der Waals surface area contributed by atoms with Gasteiger partial charge in [-0.25, -0.2) is 13.6 Å². The maximum atomic E-state index is 13.9. The molecule has 1 aliphatic rings. The van der Waals surface area contributed by atoms with Crippen molar-refractivity contribution in [3.05, 3.63) is 29.1 Å². The van der Waals surface area contributed by atoms with Crippen molar-refractivity contribution in [2.75, 3.05) is 7.11 Å². The summed E-state index contributed by atoms with van der Waals surface area (Å²) in [6.45, 7) is 1.45. The maximum Gasteiger partial charge on any atom is 0.341 e. The third-order valence-corrected chi connectivity index (χ3v) is 3.08. The van der Waals surface area contributed by atoms with E-state index in [4.69, 9.17) is 4.74 Å². The van der Waals surface area contributed by atoms with Crippen LogP contribution >= 0.6 is 15.9 Å². The minimum atomic E-state index is -1.56. The Morgan fingerprint density at radius 1 is 1.59 bits per heavy atom. The quantitative estimate of drug-likeness (QED) is 0.591. The van der Waals surface area contributed by atoms with E-state index in [1.807, 2.05) is 0 Å².